The number of benzene rings is 1. The molecule has 9 heteroatoms. The van der Waals surface area contributed by atoms with Crippen LogP contribution in [0.2, 0.25) is 0 Å². The van der Waals surface area contributed by atoms with Crippen LogP contribution in [0.25, 0.3) is 0 Å². The molecule has 0 unspecified atom stereocenters. The first-order valence-electron chi connectivity index (χ1n) is 6.82. The summed E-state index contributed by atoms with van der Waals surface area (Å²) in [6, 6.07) is 7.06. The predicted octanol–water partition coefficient (Wildman–Crippen LogP) is 0.390. The SMILES string of the molecule is Cn1cnnc1SCC(=O)NC(=O)[C@@H]1COc2ccccc2O1. The van der Waals surface area contributed by atoms with Crippen molar-refractivity contribution in [3.63, 3.8) is 0 Å². The minimum Gasteiger partial charge on any atom is -0.485 e. The molecule has 1 aliphatic rings. The first kappa shape index (κ1) is 15.3. The highest BCUT2D eigenvalue weighted by atomic mass is 32.2. The Hall–Kier alpha value is -2.55. The van der Waals surface area contributed by atoms with Crippen molar-refractivity contribution < 1.29 is 19.1 Å². The second kappa shape index (κ2) is 6.69. The summed E-state index contributed by atoms with van der Waals surface area (Å²) in [4.78, 5) is 23.9. The number of imide groups is 1. The number of para-hydroxylation sites is 2. The van der Waals surface area contributed by atoms with Crippen LogP contribution in [0.1, 0.15) is 0 Å². The molecular formula is C14H14N4O4S. The lowest BCUT2D eigenvalue weighted by Crippen LogP contribution is -2.46. The number of hydrogen-bond donors (Lipinski definition) is 1. The Labute approximate surface area is 136 Å². The predicted molar refractivity (Wildman–Crippen MR) is 81.2 cm³/mol. The molecule has 0 saturated carbocycles. The molecule has 8 nitrogen and oxygen atoms in total. The van der Waals surface area contributed by atoms with Gasteiger partial charge in [-0.05, 0) is 12.1 Å². The zero-order valence-electron chi connectivity index (χ0n) is 12.3. The van der Waals surface area contributed by atoms with Crippen LogP contribution in [0.4, 0.5) is 0 Å². The molecule has 0 aliphatic carbocycles. The highest BCUT2D eigenvalue weighted by Crippen LogP contribution is 2.30. The standard InChI is InChI=1S/C14H14N4O4S/c1-18-8-15-17-14(18)23-7-12(19)16-13(20)11-6-21-9-4-2-3-5-10(9)22-11/h2-5,8,11H,6-7H2,1H3,(H,16,19,20)/t11-/m0/s1. The molecule has 0 spiro atoms. The van der Waals surface area contributed by atoms with Crippen molar-refractivity contribution in [3.8, 4) is 11.5 Å². The van der Waals surface area contributed by atoms with Gasteiger partial charge in [0.05, 0.1) is 5.75 Å². The number of fused-ring (bicyclic) bond motifs is 1. The summed E-state index contributed by atoms with van der Waals surface area (Å²) < 4.78 is 12.7. The van der Waals surface area contributed by atoms with Crippen LogP contribution in [0.15, 0.2) is 35.7 Å². The average Bonchev–Trinajstić information content (AvgIpc) is 2.97. The van der Waals surface area contributed by atoms with E-state index in [4.69, 9.17) is 9.47 Å². The number of hydrogen-bond acceptors (Lipinski definition) is 7. The Morgan fingerprint density at radius 1 is 1.39 bits per heavy atom. The summed E-state index contributed by atoms with van der Waals surface area (Å²) in [6.07, 6.45) is 0.685. The lowest BCUT2D eigenvalue weighted by Gasteiger charge is -2.25. The molecule has 120 valence electrons. The van der Waals surface area contributed by atoms with Gasteiger partial charge in [0.25, 0.3) is 5.91 Å². The lowest BCUT2D eigenvalue weighted by atomic mass is 10.2. The normalized spacial score (nSPS) is 16.0. The van der Waals surface area contributed by atoms with E-state index in [1.165, 1.54) is 18.1 Å². The van der Waals surface area contributed by atoms with E-state index in [0.29, 0.717) is 16.7 Å². The van der Waals surface area contributed by atoms with Gasteiger partial charge in [0.1, 0.15) is 12.9 Å². The quantitative estimate of drug-likeness (QED) is 0.808. The molecule has 1 aromatic heterocycles. The number of nitrogens with one attached hydrogen (secondary N) is 1. The molecule has 2 heterocycles. The minimum atomic E-state index is -0.853. The van der Waals surface area contributed by atoms with Gasteiger partial charge in [-0.15, -0.1) is 10.2 Å². The van der Waals surface area contributed by atoms with Crippen molar-refractivity contribution in [2.75, 3.05) is 12.4 Å². The maximum absolute atomic E-state index is 12.1. The highest BCUT2D eigenvalue weighted by Gasteiger charge is 2.28. The minimum absolute atomic E-state index is 0.0580. The number of rotatable bonds is 4. The number of thioether (sulfide) groups is 1. The molecule has 0 fully saturated rings. The number of carbonyl (C=O) groups excluding carboxylic acids is 2. The monoisotopic (exact) mass is 334 g/mol. The van der Waals surface area contributed by atoms with E-state index in [1.54, 1.807) is 29.8 Å². The molecule has 3 rings (SSSR count). The van der Waals surface area contributed by atoms with Crippen LogP contribution in [-0.4, -0.2) is 45.0 Å². The zero-order chi connectivity index (χ0) is 16.2. The third kappa shape index (κ3) is 3.62. The summed E-state index contributed by atoms with van der Waals surface area (Å²) in [5, 5.41) is 10.5. The van der Waals surface area contributed by atoms with Gasteiger partial charge < -0.3 is 14.0 Å². The number of aromatic nitrogens is 3. The third-order valence-corrected chi connectivity index (χ3v) is 4.10. The van der Waals surface area contributed by atoms with Crippen LogP contribution < -0.4 is 14.8 Å². The Balaban J connectivity index is 1.51. The topological polar surface area (TPSA) is 95.3 Å². The molecular weight excluding hydrogens is 320 g/mol. The Bertz CT molecular complexity index is 733. The number of ether oxygens (including phenoxy) is 2. The van der Waals surface area contributed by atoms with Crippen molar-refractivity contribution in [2.24, 2.45) is 7.05 Å². The van der Waals surface area contributed by atoms with Crippen molar-refractivity contribution >= 4 is 23.6 Å². The second-order valence-corrected chi connectivity index (χ2v) is 5.73. The fourth-order valence-corrected chi connectivity index (χ4v) is 2.62. The lowest BCUT2D eigenvalue weighted by molar-refractivity contribution is -0.135. The van der Waals surface area contributed by atoms with Crippen LogP contribution in [0, 0.1) is 0 Å². The van der Waals surface area contributed by atoms with E-state index in [1.807, 2.05) is 6.07 Å². The maximum Gasteiger partial charge on any atom is 0.271 e. The molecule has 1 aromatic carbocycles. The van der Waals surface area contributed by atoms with Gasteiger partial charge in [-0.2, -0.15) is 0 Å². The van der Waals surface area contributed by atoms with Crippen molar-refractivity contribution in [1.82, 2.24) is 20.1 Å². The molecule has 23 heavy (non-hydrogen) atoms. The van der Waals surface area contributed by atoms with Gasteiger partial charge >= 0.3 is 0 Å². The fourth-order valence-electron chi connectivity index (χ4n) is 1.94. The summed E-state index contributed by atoms with van der Waals surface area (Å²) in [6.45, 7) is 0.0621. The van der Waals surface area contributed by atoms with Crippen molar-refractivity contribution in [2.45, 2.75) is 11.3 Å². The van der Waals surface area contributed by atoms with Crippen LogP contribution in [-0.2, 0) is 16.6 Å². The van der Waals surface area contributed by atoms with Crippen molar-refractivity contribution in [3.05, 3.63) is 30.6 Å². The number of nitrogens with zero attached hydrogens (tertiary/aromatic N) is 3. The molecule has 1 atom stereocenters. The van der Waals surface area contributed by atoms with E-state index in [-0.39, 0.29) is 12.4 Å². The van der Waals surface area contributed by atoms with E-state index < -0.39 is 17.9 Å². The number of aryl methyl sites for hydroxylation is 1. The molecule has 0 bridgehead atoms. The molecule has 2 amide bonds. The summed E-state index contributed by atoms with van der Waals surface area (Å²) in [5.74, 6) is 0.177. The van der Waals surface area contributed by atoms with Crippen molar-refractivity contribution in [1.29, 1.82) is 0 Å². The van der Waals surface area contributed by atoms with Gasteiger partial charge in [0.15, 0.2) is 16.7 Å². The van der Waals surface area contributed by atoms with E-state index in [9.17, 15) is 9.59 Å². The third-order valence-electron chi connectivity index (χ3n) is 3.07. The number of carbonyl (C=O) groups is 2. The molecule has 2 aromatic rings. The van der Waals surface area contributed by atoms with Gasteiger partial charge in [-0.25, -0.2) is 0 Å². The molecule has 0 radical (unpaired) electrons. The Morgan fingerprint density at radius 3 is 2.91 bits per heavy atom. The van der Waals surface area contributed by atoms with Gasteiger partial charge in [0.2, 0.25) is 12.0 Å². The first-order valence-corrected chi connectivity index (χ1v) is 7.81. The maximum atomic E-state index is 12.1. The summed E-state index contributed by atoms with van der Waals surface area (Å²) >= 11 is 1.19. The van der Waals surface area contributed by atoms with Gasteiger partial charge in [-0.3, -0.25) is 14.9 Å². The van der Waals surface area contributed by atoms with E-state index in [0.717, 1.165) is 0 Å². The van der Waals surface area contributed by atoms with E-state index in [2.05, 4.69) is 15.5 Å². The summed E-state index contributed by atoms with van der Waals surface area (Å²) in [5.41, 5.74) is 0. The Morgan fingerprint density at radius 2 is 2.17 bits per heavy atom. The second-order valence-electron chi connectivity index (χ2n) is 4.79. The molecule has 1 aliphatic heterocycles. The first-order chi connectivity index (χ1) is 11.1. The average molecular weight is 334 g/mol. The van der Waals surface area contributed by atoms with Crippen LogP contribution in [0.5, 0.6) is 11.5 Å². The highest BCUT2D eigenvalue weighted by molar-refractivity contribution is 7.99. The smallest absolute Gasteiger partial charge is 0.271 e. The van der Waals surface area contributed by atoms with E-state index >= 15 is 0 Å². The van der Waals surface area contributed by atoms with Crippen LogP contribution in [0.3, 0.4) is 0 Å². The fraction of sp³-hybridized carbons (Fsp3) is 0.286. The Kier molecular flexibility index (Phi) is 4.47. The number of amides is 2. The largest absolute Gasteiger partial charge is 0.485 e. The molecule has 0 saturated heterocycles. The molecule has 1 N–H and O–H groups in total. The summed E-state index contributed by atoms with van der Waals surface area (Å²) in [7, 11) is 1.77. The van der Waals surface area contributed by atoms with Gasteiger partial charge in [0, 0.05) is 7.05 Å². The van der Waals surface area contributed by atoms with Gasteiger partial charge in [-0.1, -0.05) is 23.9 Å². The van der Waals surface area contributed by atoms with Crippen LogP contribution >= 0.6 is 11.8 Å². The zero-order valence-corrected chi connectivity index (χ0v) is 13.1.